The highest BCUT2D eigenvalue weighted by Crippen LogP contribution is 2.25. The van der Waals surface area contributed by atoms with Crippen molar-refractivity contribution in [1.82, 2.24) is 5.32 Å². The second-order valence-corrected chi connectivity index (χ2v) is 10.5. The molecule has 0 heterocycles. The highest BCUT2D eigenvalue weighted by atomic mass is 35.5. The first kappa shape index (κ1) is 25.9. The van der Waals surface area contributed by atoms with Crippen LogP contribution in [0.5, 0.6) is 5.75 Å². The first-order chi connectivity index (χ1) is 16.3. The molecule has 6 nitrogen and oxygen atoms in total. The Labute approximate surface area is 208 Å². The maximum atomic E-state index is 13.8. The number of nitrogens with one attached hydrogen (secondary N) is 1. The summed E-state index contributed by atoms with van der Waals surface area (Å²) in [6, 6.07) is 18.9. The number of anilines is 1. The molecule has 0 spiro atoms. The molecule has 3 aromatic rings. The van der Waals surface area contributed by atoms with Gasteiger partial charge in [0.05, 0.1) is 17.7 Å². The summed E-state index contributed by atoms with van der Waals surface area (Å²) in [6.07, 6.45) is 0. The molecule has 1 N–H and O–H groups in total. The molecule has 0 aliphatic carbocycles. The Kier molecular flexibility index (Phi) is 9.20. The maximum absolute atomic E-state index is 13.8. The number of amides is 1. The van der Waals surface area contributed by atoms with E-state index in [4.69, 9.17) is 16.3 Å². The lowest BCUT2D eigenvalue weighted by atomic mass is 10.2. The second kappa shape index (κ2) is 12.1. The van der Waals surface area contributed by atoms with Gasteiger partial charge in [-0.2, -0.15) is 11.8 Å². The molecule has 3 aromatic carbocycles. The van der Waals surface area contributed by atoms with Crippen LogP contribution in [0, 0.1) is 5.82 Å². The van der Waals surface area contributed by atoms with Gasteiger partial charge in [0.25, 0.3) is 10.0 Å². The lowest BCUT2D eigenvalue weighted by Crippen LogP contribution is -2.41. The molecule has 0 aromatic heterocycles. The van der Waals surface area contributed by atoms with Crippen LogP contribution >= 0.6 is 23.4 Å². The van der Waals surface area contributed by atoms with Crippen molar-refractivity contribution in [3.8, 4) is 5.75 Å². The SMILES string of the molecule is COc1ccc(S(=O)(=O)N(CC(=O)NCCSCc2c(F)cccc2Cl)c2ccccc2)cc1. The number of hydrogen-bond donors (Lipinski definition) is 1. The molecule has 0 aliphatic heterocycles. The summed E-state index contributed by atoms with van der Waals surface area (Å²) in [5.41, 5.74) is 0.790. The number of para-hydroxylation sites is 1. The Hall–Kier alpha value is -2.75. The average molecular weight is 523 g/mol. The number of ether oxygens (including phenoxy) is 1. The van der Waals surface area contributed by atoms with E-state index in [0.29, 0.717) is 40.1 Å². The molecule has 0 unspecified atom stereocenters. The Balaban J connectivity index is 1.63. The normalized spacial score (nSPS) is 11.1. The van der Waals surface area contributed by atoms with Gasteiger partial charge in [0.15, 0.2) is 0 Å². The number of carbonyl (C=O) groups is 1. The van der Waals surface area contributed by atoms with Crippen LogP contribution in [-0.2, 0) is 20.6 Å². The van der Waals surface area contributed by atoms with Crippen molar-refractivity contribution in [3.63, 3.8) is 0 Å². The maximum Gasteiger partial charge on any atom is 0.264 e. The van der Waals surface area contributed by atoms with Crippen LogP contribution in [0.4, 0.5) is 10.1 Å². The lowest BCUT2D eigenvalue weighted by molar-refractivity contribution is -0.119. The van der Waals surface area contributed by atoms with Gasteiger partial charge in [0.2, 0.25) is 5.91 Å². The molecule has 0 saturated carbocycles. The summed E-state index contributed by atoms with van der Waals surface area (Å²) in [5, 5.41) is 3.09. The minimum atomic E-state index is -4.00. The molecular weight excluding hydrogens is 499 g/mol. The van der Waals surface area contributed by atoms with Crippen LogP contribution in [0.1, 0.15) is 5.56 Å². The number of sulfonamides is 1. The van der Waals surface area contributed by atoms with Gasteiger partial charge >= 0.3 is 0 Å². The number of rotatable bonds is 11. The van der Waals surface area contributed by atoms with Gasteiger partial charge in [-0.15, -0.1) is 0 Å². The number of nitrogens with zero attached hydrogens (tertiary/aromatic N) is 1. The topological polar surface area (TPSA) is 75.7 Å². The van der Waals surface area contributed by atoms with Gasteiger partial charge in [-0.05, 0) is 48.5 Å². The van der Waals surface area contributed by atoms with E-state index < -0.39 is 15.9 Å². The Morgan fingerprint density at radius 3 is 2.41 bits per heavy atom. The van der Waals surface area contributed by atoms with Crippen molar-refractivity contribution in [1.29, 1.82) is 0 Å². The fourth-order valence-corrected chi connectivity index (χ4v) is 5.70. The standard InChI is InChI=1S/C24H24ClFN2O4S2/c1-32-19-10-12-20(13-11-19)34(30,31)28(18-6-3-2-4-7-18)16-24(29)27-14-15-33-17-21-22(25)8-5-9-23(21)26/h2-13H,14-17H2,1H3,(H,27,29). The molecule has 180 valence electrons. The lowest BCUT2D eigenvalue weighted by Gasteiger charge is -2.24. The van der Waals surface area contributed by atoms with E-state index in [1.807, 2.05) is 0 Å². The third-order valence-electron chi connectivity index (χ3n) is 4.86. The molecule has 3 rings (SSSR count). The first-order valence-electron chi connectivity index (χ1n) is 10.3. The molecule has 1 amide bonds. The zero-order valence-electron chi connectivity index (χ0n) is 18.4. The van der Waals surface area contributed by atoms with Crippen LogP contribution in [0.25, 0.3) is 0 Å². The van der Waals surface area contributed by atoms with Gasteiger partial charge in [-0.1, -0.05) is 35.9 Å². The molecule has 0 fully saturated rings. The van der Waals surface area contributed by atoms with E-state index in [2.05, 4.69) is 5.32 Å². The van der Waals surface area contributed by atoms with Gasteiger partial charge in [0, 0.05) is 28.6 Å². The smallest absolute Gasteiger partial charge is 0.264 e. The van der Waals surface area contributed by atoms with E-state index >= 15 is 0 Å². The van der Waals surface area contributed by atoms with Gasteiger partial charge in [-0.3, -0.25) is 9.10 Å². The van der Waals surface area contributed by atoms with E-state index in [1.165, 1.54) is 37.1 Å². The van der Waals surface area contributed by atoms with E-state index in [-0.39, 0.29) is 17.3 Å². The van der Waals surface area contributed by atoms with Crippen LogP contribution in [0.15, 0.2) is 77.7 Å². The summed E-state index contributed by atoms with van der Waals surface area (Å²) in [6.45, 7) is -0.0943. The number of benzene rings is 3. The number of methoxy groups -OCH3 is 1. The minimum Gasteiger partial charge on any atom is -0.497 e. The second-order valence-electron chi connectivity index (χ2n) is 7.13. The third kappa shape index (κ3) is 6.65. The summed E-state index contributed by atoms with van der Waals surface area (Å²) >= 11 is 7.44. The van der Waals surface area contributed by atoms with Crippen molar-refractivity contribution in [2.45, 2.75) is 10.6 Å². The van der Waals surface area contributed by atoms with Gasteiger partial charge < -0.3 is 10.1 Å². The van der Waals surface area contributed by atoms with Crippen molar-refractivity contribution in [2.75, 3.05) is 30.3 Å². The fourth-order valence-electron chi connectivity index (χ4n) is 3.08. The minimum absolute atomic E-state index is 0.0438. The zero-order valence-corrected chi connectivity index (χ0v) is 20.8. The number of halogens is 2. The summed E-state index contributed by atoms with van der Waals surface area (Å²) in [7, 11) is -2.51. The zero-order chi connectivity index (χ0) is 24.6. The monoisotopic (exact) mass is 522 g/mol. The highest BCUT2D eigenvalue weighted by molar-refractivity contribution is 7.98. The molecule has 10 heteroatoms. The summed E-state index contributed by atoms with van der Waals surface area (Å²) in [4.78, 5) is 12.7. The molecule has 0 radical (unpaired) electrons. The van der Waals surface area contributed by atoms with E-state index in [9.17, 15) is 17.6 Å². The quantitative estimate of drug-likeness (QED) is 0.368. The highest BCUT2D eigenvalue weighted by Gasteiger charge is 2.27. The molecule has 34 heavy (non-hydrogen) atoms. The fraction of sp³-hybridized carbons (Fsp3) is 0.208. The number of thioether (sulfide) groups is 1. The predicted molar refractivity (Wildman–Crippen MR) is 135 cm³/mol. The molecular formula is C24H24ClFN2O4S2. The van der Waals surface area contributed by atoms with Crippen LogP contribution < -0.4 is 14.4 Å². The Morgan fingerprint density at radius 1 is 1.06 bits per heavy atom. The average Bonchev–Trinajstić information content (AvgIpc) is 2.84. The predicted octanol–water partition coefficient (Wildman–Crippen LogP) is 4.73. The van der Waals surface area contributed by atoms with Crippen molar-refractivity contribution in [2.24, 2.45) is 0 Å². The third-order valence-corrected chi connectivity index (χ3v) is 7.98. The molecule has 0 saturated heterocycles. The van der Waals surface area contributed by atoms with Crippen molar-refractivity contribution in [3.05, 3.63) is 89.2 Å². The van der Waals surface area contributed by atoms with Gasteiger partial charge in [-0.25, -0.2) is 12.8 Å². The molecule has 0 bridgehead atoms. The number of carbonyl (C=O) groups excluding carboxylic acids is 1. The van der Waals surface area contributed by atoms with E-state index in [1.54, 1.807) is 54.6 Å². The van der Waals surface area contributed by atoms with Crippen molar-refractivity contribution >= 4 is 45.0 Å². The molecule has 0 atom stereocenters. The largest absolute Gasteiger partial charge is 0.497 e. The Bertz CT molecular complexity index is 1190. The Morgan fingerprint density at radius 2 is 1.76 bits per heavy atom. The van der Waals surface area contributed by atoms with Crippen molar-refractivity contribution < 1.29 is 22.3 Å². The van der Waals surface area contributed by atoms with Crippen LogP contribution in [0.2, 0.25) is 5.02 Å². The van der Waals surface area contributed by atoms with Crippen LogP contribution in [0.3, 0.4) is 0 Å². The number of hydrogen-bond acceptors (Lipinski definition) is 5. The van der Waals surface area contributed by atoms with Crippen LogP contribution in [-0.4, -0.2) is 40.3 Å². The van der Waals surface area contributed by atoms with E-state index in [0.717, 1.165) is 4.31 Å². The first-order valence-corrected chi connectivity index (χ1v) is 13.3. The summed E-state index contributed by atoms with van der Waals surface area (Å²) < 4.78 is 46.6. The van der Waals surface area contributed by atoms with Gasteiger partial charge in [0.1, 0.15) is 18.1 Å². The molecule has 0 aliphatic rings. The summed E-state index contributed by atoms with van der Waals surface area (Å²) in [5.74, 6) is 0.574.